The van der Waals surface area contributed by atoms with E-state index in [1.54, 1.807) is 37.1 Å². The normalized spacial score (nSPS) is 23.3. The Labute approximate surface area is 125 Å². The van der Waals surface area contributed by atoms with Gasteiger partial charge in [-0.05, 0) is 32.4 Å². The largest absolute Gasteiger partial charge is 0.380 e. The molecule has 21 heavy (non-hydrogen) atoms. The Morgan fingerprint density at radius 1 is 1.33 bits per heavy atom. The van der Waals surface area contributed by atoms with Crippen molar-refractivity contribution in [3.05, 3.63) is 29.8 Å². The quantitative estimate of drug-likeness (QED) is 0.922. The highest BCUT2D eigenvalue weighted by atomic mass is 16.5. The monoisotopic (exact) mass is 290 g/mol. The van der Waals surface area contributed by atoms with E-state index in [2.05, 4.69) is 5.32 Å². The Balaban J connectivity index is 2.53. The minimum absolute atomic E-state index is 0.104. The van der Waals surface area contributed by atoms with Crippen molar-refractivity contribution in [1.29, 1.82) is 0 Å². The fraction of sp³-hybridized carbons (Fsp3) is 0.500. The Kier molecular flexibility index (Phi) is 4.32. The van der Waals surface area contributed by atoms with Gasteiger partial charge in [0.05, 0.1) is 23.9 Å². The first kappa shape index (κ1) is 15.5. The molecule has 0 bridgehead atoms. The SMILES string of the molecule is CCC1(C)NC(=O)c2ccccc2N(CC(C)OC)C1=O. The van der Waals surface area contributed by atoms with E-state index in [0.29, 0.717) is 24.2 Å². The van der Waals surface area contributed by atoms with Gasteiger partial charge in [-0.2, -0.15) is 0 Å². The number of carbonyl (C=O) groups excluding carboxylic acids is 2. The third kappa shape index (κ3) is 2.78. The lowest BCUT2D eigenvalue weighted by Gasteiger charge is -2.32. The van der Waals surface area contributed by atoms with Crippen LogP contribution in [0.25, 0.3) is 0 Å². The zero-order chi connectivity index (χ0) is 15.6. The summed E-state index contributed by atoms with van der Waals surface area (Å²) in [4.78, 5) is 27.0. The number of benzene rings is 1. The maximum Gasteiger partial charge on any atom is 0.254 e. The number of nitrogens with one attached hydrogen (secondary N) is 1. The number of para-hydroxylation sites is 1. The molecule has 2 amide bonds. The average Bonchev–Trinajstić information content (AvgIpc) is 2.57. The fourth-order valence-electron chi connectivity index (χ4n) is 2.43. The van der Waals surface area contributed by atoms with Crippen molar-refractivity contribution in [2.24, 2.45) is 0 Å². The number of amides is 2. The van der Waals surface area contributed by atoms with Gasteiger partial charge in [0, 0.05) is 7.11 Å². The van der Waals surface area contributed by atoms with Gasteiger partial charge in [0.25, 0.3) is 11.8 Å². The van der Waals surface area contributed by atoms with E-state index >= 15 is 0 Å². The summed E-state index contributed by atoms with van der Waals surface area (Å²) in [5.41, 5.74) is 0.260. The summed E-state index contributed by atoms with van der Waals surface area (Å²) < 4.78 is 5.29. The molecule has 114 valence electrons. The second-order valence-electron chi connectivity index (χ2n) is 5.62. The summed E-state index contributed by atoms with van der Waals surface area (Å²) >= 11 is 0. The molecule has 0 saturated carbocycles. The zero-order valence-electron chi connectivity index (χ0n) is 13.0. The van der Waals surface area contributed by atoms with Crippen LogP contribution in [-0.2, 0) is 9.53 Å². The van der Waals surface area contributed by atoms with Crippen molar-refractivity contribution in [2.45, 2.75) is 38.8 Å². The first-order valence-electron chi connectivity index (χ1n) is 7.19. The van der Waals surface area contributed by atoms with E-state index in [1.165, 1.54) is 0 Å². The summed E-state index contributed by atoms with van der Waals surface area (Å²) in [6.45, 7) is 5.98. The predicted octanol–water partition coefficient (Wildman–Crippen LogP) is 1.97. The van der Waals surface area contributed by atoms with Crippen LogP contribution in [0.4, 0.5) is 5.69 Å². The van der Waals surface area contributed by atoms with Crippen molar-refractivity contribution < 1.29 is 14.3 Å². The number of ether oxygens (including phenoxy) is 1. The predicted molar refractivity (Wildman–Crippen MR) is 81.4 cm³/mol. The molecule has 0 fully saturated rings. The molecule has 1 aliphatic rings. The lowest BCUT2D eigenvalue weighted by atomic mass is 9.97. The summed E-state index contributed by atoms with van der Waals surface area (Å²) in [5, 5.41) is 2.86. The molecule has 0 aromatic heterocycles. The van der Waals surface area contributed by atoms with Gasteiger partial charge in [0.1, 0.15) is 5.54 Å². The van der Waals surface area contributed by atoms with Gasteiger partial charge in [-0.3, -0.25) is 9.59 Å². The van der Waals surface area contributed by atoms with Crippen LogP contribution in [0.1, 0.15) is 37.6 Å². The molecule has 0 spiro atoms. The van der Waals surface area contributed by atoms with E-state index in [4.69, 9.17) is 4.74 Å². The van der Waals surface area contributed by atoms with Gasteiger partial charge in [-0.25, -0.2) is 0 Å². The van der Waals surface area contributed by atoms with Crippen molar-refractivity contribution in [1.82, 2.24) is 5.32 Å². The lowest BCUT2D eigenvalue weighted by Crippen LogP contribution is -2.56. The fourth-order valence-corrected chi connectivity index (χ4v) is 2.43. The average molecular weight is 290 g/mol. The topological polar surface area (TPSA) is 58.6 Å². The molecule has 0 radical (unpaired) electrons. The van der Waals surface area contributed by atoms with Crippen molar-refractivity contribution in [3.63, 3.8) is 0 Å². The first-order chi connectivity index (χ1) is 9.92. The van der Waals surface area contributed by atoms with E-state index < -0.39 is 5.54 Å². The number of hydrogen-bond donors (Lipinski definition) is 1. The number of hydrogen-bond acceptors (Lipinski definition) is 3. The van der Waals surface area contributed by atoms with E-state index in [-0.39, 0.29) is 17.9 Å². The lowest BCUT2D eigenvalue weighted by molar-refractivity contribution is -0.124. The number of carbonyl (C=O) groups is 2. The maximum atomic E-state index is 12.9. The standard InChI is InChI=1S/C16H22N2O3/c1-5-16(3)15(20)18(10-11(2)21-4)13-9-7-6-8-12(13)14(19)17-16/h6-9,11H,5,10H2,1-4H3,(H,17,19). The van der Waals surface area contributed by atoms with Crippen LogP contribution in [0.15, 0.2) is 24.3 Å². The summed E-state index contributed by atoms with van der Waals surface area (Å²) in [5.74, 6) is -0.317. The van der Waals surface area contributed by atoms with Gasteiger partial charge >= 0.3 is 0 Å². The minimum atomic E-state index is -0.899. The minimum Gasteiger partial charge on any atom is -0.380 e. The highest BCUT2D eigenvalue weighted by Gasteiger charge is 2.41. The molecule has 1 aliphatic heterocycles. The number of rotatable bonds is 4. The van der Waals surface area contributed by atoms with Gasteiger partial charge in [-0.15, -0.1) is 0 Å². The van der Waals surface area contributed by atoms with Crippen LogP contribution in [0.3, 0.4) is 0 Å². The molecule has 0 saturated heterocycles. The Morgan fingerprint density at radius 2 is 2.00 bits per heavy atom. The van der Waals surface area contributed by atoms with Gasteiger partial charge in [-0.1, -0.05) is 19.1 Å². The number of anilines is 1. The molecule has 1 heterocycles. The molecule has 2 atom stereocenters. The first-order valence-corrected chi connectivity index (χ1v) is 7.19. The molecule has 5 heteroatoms. The molecule has 1 aromatic carbocycles. The third-order valence-corrected chi connectivity index (χ3v) is 4.10. The van der Waals surface area contributed by atoms with Crippen LogP contribution in [0, 0.1) is 0 Å². The zero-order valence-corrected chi connectivity index (χ0v) is 13.0. The number of nitrogens with zero attached hydrogens (tertiary/aromatic N) is 1. The molecule has 5 nitrogen and oxygen atoms in total. The van der Waals surface area contributed by atoms with Crippen LogP contribution in [0.5, 0.6) is 0 Å². The molecule has 1 N–H and O–H groups in total. The number of fused-ring (bicyclic) bond motifs is 1. The molecule has 2 unspecified atom stereocenters. The van der Waals surface area contributed by atoms with E-state index in [0.717, 1.165) is 0 Å². The Morgan fingerprint density at radius 3 is 2.62 bits per heavy atom. The van der Waals surface area contributed by atoms with Crippen LogP contribution < -0.4 is 10.2 Å². The van der Waals surface area contributed by atoms with Crippen LogP contribution in [-0.4, -0.2) is 37.1 Å². The Bertz CT molecular complexity index is 558. The van der Waals surface area contributed by atoms with Gasteiger partial charge < -0.3 is 15.0 Å². The summed E-state index contributed by atoms with van der Waals surface area (Å²) in [7, 11) is 1.61. The molecular formula is C16H22N2O3. The third-order valence-electron chi connectivity index (χ3n) is 4.10. The molecular weight excluding hydrogens is 268 g/mol. The highest BCUT2D eigenvalue weighted by molar-refractivity contribution is 6.12. The molecule has 1 aromatic rings. The van der Waals surface area contributed by atoms with Crippen LogP contribution >= 0.6 is 0 Å². The summed E-state index contributed by atoms with van der Waals surface area (Å²) in [6.07, 6.45) is 0.417. The molecule has 0 aliphatic carbocycles. The van der Waals surface area contributed by atoms with E-state index in [9.17, 15) is 9.59 Å². The van der Waals surface area contributed by atoms with Crippen LogP contribution in [0.2, 0.25) is 0 Å². The van der Waals surface area contributed by atoms with Crippen molar-refractivity contribution in [3.8, 4) is 0 Å². The maximum absolute atomic E-state index is 12.9. The number of methoxy groups -OCH3 is 1. The van der Waals surface area contributed by atoms with Gasteiger partial charge in [0.2, 0.25) is 0 Å². The second kappa shape index (κ2) is 5.85. The molecule has 2 rings (SSSR count). The second-order valence-corrected chi connectivity index (χ2v) is 5.62. The van der Waals surface area contributed by atoms with Crippen molar-refractivity contribution in [2.75, 3.05) is 18.6 Å². The smallest absolute Gasteiger partial charge is 0.254 e. The summed E-state index contributed by atoms with van der Waals surface area (Å²) in [6, 6.07) is 7.17. The van der Waals surface area contributed by atoms with E-state index in [1.807, 2.05) is 19.9 Å². The van der Waals surface area contributed by atoms with Crippen molar-refractivity contribution >= 4 is 17.5 Å². The highest BCUT2D eigenvalue weighted by Crippen LogP contribution is 2.29. The Hall–Kier alpha value is -1.88. The van der Waals surface area contributed by atoms with Gasteiger partial charge in [0.15, 0.2) is 0 Å².